The zero-order chi connectivity index (χ0) is 19.0. The molecule has 0 bridgehead atoms. The number of aryl methyl sites for hydroxylation is 1. The Morgan fingerprint density at radius 2 is 1.00 bits per heavy atom. The number of rotatable bonds is 8. The Morgan fingerprint density at radius 1 is 0.571 bits per heavy atom. The molecule has 1 saturated heterocycles. The maximum atomic E-state index is 2.67. The highest BCUT2D eigenvalue weighted by molar-refractivity contribution is 5.17. The van der Waals surface area contributed by atoms with Gasteiger partial charge < -0.3 is 0 Å². The molecule has 3 aromatic carbocycles. The summed E-state index contributed by atoms with van der Waals surface area (Å²) in [6.45, 7) is 4.39. The molecule has 0 aromatic heterocycles. The van der Waals surface area contributed by atoms with Crippen LogP contribution in [0.1, 0.15) is 29.5 Å². The van der Waals surface area contributed by atoms with Crippen LogP contribution in [0, 0.1) is 0 Å². The van der Waals surface area contributed by atoms with Crippen molar-refractivity contribution in [3.05, 3.63) is 108 Å². The molecule has 0 atom stereocenters. The average molecular weight is 371 g/mol. The second kappa shape index (κ2) is 9.68. The molecule has 0 saturated carbocycles. The molecule has 1 heterocycles. The van der Waals surface area contributed by atoms with E-state index in [0.717, 1.165) is 32.6 Å². The minimum absolute atomic E-state index is 0.518. The molecule has 2 heteroatoms. The van der Waals surface area contributed by atoms with Crippen LogP contribution in [0.25, 0.3) is 0 Å². The first-order valence-corrected chi connectivity index (χ1v) is 10.5. The van der Waals surface area contributed by atoms with Crippen molar-refractivity contribution in [2.45, 2.75) is 38.5 Å². The molecule has 144 valence electrons. The highest BCUT2D eigenvalue weighted by Gasteiger charge is 2.31. The molecule has 28 heavy (non-hydrogen) atoms. The molecule has 1 fully saturated rings. The van der Waals surface area contributed by atoms with Gasteiger partial charge in [0.25, 0.3) is 0 Å². The summed E-state index contributed by atoms with van der Waals surface area (Å²) in [4.78, 5) is 5.34. The Hall–Kier alpha value is -2.42. The van der Waals surface area contributed by atoms with Gasteiger partial charge in [-0.05, 0) is 36.0 Å². The molecule has 0 spiro atoms. The molecule has 0 radical (unpaired) electrons. The Bertz CT molecular complexity index is 767. The van der Waals surface area contributed by atoms with Crippen LogP contribution in [0.4, 0.5) is 0 Å². The van der Waals surface area contributed by atoms with E-state index in [2.05, 4.69) is 101 Å². The van der Waals surface area contributed by atoms with Crippen LogP contribution in [0.5, 0.6) is 0 Å². The fraction of sp³-hybridized carbons (Fsp3) is 0.308. The molecule has 0 amide bonds. The molecular formula is C26H30N2. The third-order valence-corrected chi connectivity index (χ3v) is 5.75. The molecule has 1 aliphatic heterocycles. The summed E-state index contributed by atoms with van der Waals surface area (Å²) in [7, 11) is 0. The quantitative estimate of drug-likeness (QED) is 0.527. The Labute approximate surface area is 169 Å². The number of benzene rings is 3. The van der Waals surface area contributed by atoms with Gasteiger partial charge in [-0.15, -0.1) is 0 Å². The van der Waals surface area contributed by atoms with Crippen molar-refractivity contribution in [3.63, 3.8) is 0 Å². The predicted molar refractivity (Wildman–Crippen MR) is 117 cm³/mol. The lowest BCUT2D eigenvalue weighted by Gasteiger charge is -2.30. The summed E-state index contributed by atoms with van der Waals surface area (Å²) in [6.07, 6.45) is 4.12. The summed E-state index contributed by atoms with van der Waals surface area (Å²) in [5.74, 6) is 0. The van der Waals surface area contributed by atoms with E-state index in [9.17, 15) is 0 Å². The van der Waals surface area contributed by atoms with E-state index >= 15 is 0 Å². The molecule has 1 aliphatic rings. The van der Waals surface area contributed by atoms with Gasteiger partial charge in [0.15, 0.2) is 0 Å². The van der Waals surface area contributed by atoms with Crippen LogP contribution in [0.15, 0.2) is 91.0 Å². The first-order valence-electron chi connectivity index (χ1n) is 10.5. The standard InChI is InChI=1S/C26H30N2/c1-4-11-23(12-5-1)17-10-18-26-27(21-24-13-6-2-7-14-24)19-20-28(26)22-25-15-8-3-9-16-25/h1-9,11-16,26H,10,17-22H2. The molecule has 0 unspecified atom stereocenters. The van der Waals surface area contributed by atoms with E-state index < -0.39 is 0 Å². The SMILES string of the molecule is c1ccc(CCCC2N(Cc3ccccc3)CCN2Cc2ccccc2)cc1. The van der Waals surface area contributed by atoms with Gasteiger partial charge in [0.2, 0.25) is 0 Å². The van der Waals surface area contributed by atoms with E-state index in [1.807, 2.05) is 0 Å². The topological polar surface area (TPSA) is 6.48 Å². The molecule has 0 aliphatic carbocycles. The van der Waals surface area contributed by atoms with Gasteiger partial charge in [0.1, 0.15) is 0 Å². The van der Waals surface area contributed by atoms with E-state index in [-0.39, 0.29) is 0 Å². The van der Waals surface area contributed by atoms with Gasteiger partial charge in [-0.1, -0.05) is 91.0 Å². The zero-order valence-electron chi connectivity index (χ0n) is 16.6. The first kappa shape index (κ1) is 18.9. The summed E-state index contributed by atoms with van der Waals surface area (Å²) >= 11 is 0. The lowest BCUT2D eigenvalue weighted by atomic mass is 10.1. The highest BCUT2D eigenvalue weighted by atomic mass is 15.4. The van der Waals surface area contributed by atoms with Crippen LogP contribution >= 0.6 is 0 Å². The third kappa shape index (κ3) is 5.09. The van der Waals surface area contributed by atoms with Gasteiger partial charge in [-0.25, -0.2) is 0 Å². The zero-order valence-corrected chi connectivity index (χ0v) is 16.6. The largest absolute Gasteiger partial charge is 0.282 e. The second-order valence-electron chi connectivity index (χ2n) is 7.77. The molecule has 0 N–H and O–H groups in total. The van der Waals surface area contributed by atoms with Crippen LogP contribution in [-0.4, -0.2) is 29.1 Å². The van der Waals surface area contributed by atoms with Gasteiger partial charge in [0.05, 0.1) is 6.17 Å². The number of nitrogens with zero attached hydrogens (tertiary/aromatic N) is 2. The van der Waals surface area contributed by atoms with Crippen molar-refractivity contribution < 1.29 is 0 Å². The summed E-state index contributed by atoms with van der Waals surface area (Å²) < 4.78 is 0. The van der Waals surface area contributed by atoms with E-state index in [1.54, 1.807) is 0 Å². The minimum Gasteiger partial charge on any atom is -0.282 e. The minimum atomic E-state index is 0.518. The fourth-order valence-corrected chi connectivity index (χ4v) is 4.29. The van der Waals surface area contributed by atoms with Gasteiger partial charge in [-0.3, -0.25) is 9.80 Å². The molecule has 3 aromatic rings. The number of hydrogen-bond acceptors (Lipinski definition) is 2. The Morgan fingerprint density at radius 3 is 1.46 bits per heavy atom. The van der Waals surface area contributed by atoms with E-state index in [4.69, 9.17) is 0 Å². The Kier molecular flexibility index (Phi) is 6.54. The maximum absolute atomic E-state index is 2.67. The van der Waals surface area contributed by atoms with Crippen LogP contribution in [-0.2, 0) is 19.5 Å². The van der Waals surface area contributed by atoms with Crippen molar-refractivity contribution in [1.82, 2.24) is 9.80 Å². The second-order valence-corrected chi connectivity index (χ2v) is 7.77. The van der Waals surface area contributed by atoms with Crippen molar-refractivity contribution in [2.24, 2.45) is 0 Å². The molecule has 4 rings (SSSR count). The highest BCUT2D eigenvalue weighted by Crippen LogP contribution is 2.24. The van der Waals surface area contributed by atoms with Crippen molar-refractivity contribution >= 4 is 0 Å². The summed E-state index contributed by atoms with van der Waals surface area (Å²) in [5, 5.41) is 0. The molecule has 2 nitrogen and oxygen atoms in total. The van der Waals surface area contributed by atoms with Crippen LogP contribution < -0.4 is 0 Å². The Balaban J connectivity index is 1.42. The van der Waals surface area contributed by atoms with Crippen LogP contribution in [0.3, 0.4) is 0 Å². The number of hydrogen-bond donors (Lipinski definition) is 0. The van der Waals surface area contributed by atoms with E-state index in [1.165, 1.54) is 29.5 Å². The lowest BCUT2D eigenvalue weighted by molar-refractivity contribution is 0.114. The fourth-order valence-electron chi connectivity index (χ4n) is 4.29. The van der Waals surface area contributed by atoms with E-state index in [0.29, 0.717) is 6.17 Å². The predicted octanol–water partition coefficient (Wildman–Crippen LogP) is 5.35. The van der Waals surface area contributed by atoms with Crippen molar-refractivity contribution in [1.29, 1.82) is 0 Å². The first-order chi connectivity index (χ1) is 13.9. The monoisotopic (exact) mass is 370 g/mol. The third-order valence-electron chi connectivity index (χ3n) is 5.75. The van der Waals surface area contributed by atoms with Crippen molar-refractivity contribution in [3.8, 4) is 0 Å². The van der Waals surface area contributed by atoms with Gasteiger partial charge in [-0.2, -0.15) is 0 Å². The lowest BCUT2D eigenvalue weighted by Crippen LogP contribution is -2.38. The normalized spacial score (nSPS) is 15.9. The summed E-state index contributed by atoms with van der Waals surface area (Å²) in [6, 6.07) is 32.7. The van der Waals surface area contributed by atoms with Gasteiger partial charge >= 0.3 is 0 Å². The van der Waals surface area contributed by atoms with Gasteiger partial charge in [0, 0.05) is 26.2 Å². The smallest absolute Gasteiger partial charge is 0.0629 e. The maximum Gasteiger partial charge on any atom is 0.0629 e. The van der Waals surface area contributed by atoms with Crippen molar-refractivity contribution in [2.75, 3.05) is 13.1 Å². The summed E-state index contributed by atoms with van der Waals surface area (Å²) in [5.41, 5.74) is 4.28. The molecular weight excluding hydrogens is 340 g/mol. The van der Waals surface area contributed by atoms with Crippen LogP contribution in [0.2, 0.25) is 0 Å². The average Bonchev–Trinajstić information content (AvgIpc) is 3.11.